The maximum Gasteiger partial charge on any atom is 0.271 e. The van der Waals surface area contributed by atoms with Crippen LogP contribution in [0.25, 0.3) is 0 Å². The number of benzene rings is 1. The lowest BCUT2D eigenvalue weighted by Gasteiger charge is -2.55. The average molecular weight is 400 g/mol. The summed E-state index contributed by atoms with van der Waals surface area (Å²) in [4.78, 5) is 18.4. The zero-order valence-electron chi connectivity index (χ0n) is 16.4. The van der Waals surface area contributed by atoms with E-state index in [0.29, 0.717) is 22.3 Å². The fourth-order valence-electron chi connectivity index (χ4n) is 5.66. The molecular formula is C21H26ClN5O. The largest absolute Gasteiger partial charge is 0.347 e. The van der Waals surface area contributed by atoms with Gasteiger partial charge in [0.15, 0.2) is 0 Å². The predicted octanol–water partition coefficient (Wildman–Crippen LogP) is 1.68. The average Bonchev–Trinajstić information content (AvgIpc) is 2.81. The third-order valence-electron chi connectivity index (χ3n) is 6.80. The highest BCUT2D eigenvalue weighted by Crippen LogP contribution is 2.43. The molecule has 1 aromatic carbocycles. The molecule has 0 aliphatic carbocycles. The Balaban J connectivity index is 1.54. The van der Waals surface area contributed by atoms with Crippen molar-refractivity contribution in [2.24, 2.45) is 13.0 Å². The lowest BCUT2D eigenvalue weighted by Crippen LogP contribution is -2.70. The highest BCUT2D eigenvalue weighted by atomic mass is 35.5. The highest BCUT2D eigenvalue weighted by Gasteiger charge is 2.55. The Hall–Kier alpha value is -1.89. The van der Waals surface area contributed by atoms with Gasteiger partial charge < -0.3 is 15.1 Å². The molecule has 2 aromatic rings. The van der Waals surface area contributed by atoms with Crippen LogP contribution in [0.3, 0.4) is 0 Å². The van der Waals surface area contributed by atoms with Crippen molar-refractivity contribution in [2.75, 3.05) is 39.3 Å². The first kappa shape index (κ1) is 18.2. The van der Waals surface area contributed by atoms with E-state index in [4.69, 9.17) is 11.6 Å². The summed E-state index contributed by atoms with van der Waals surface area (Å²) >= 11 is 6.39. The van der Waals surface area contributed by atoms with Crippen molar-refractivity contribution in [1.29, 1.82) is 0 Å². The van der Waals surface area contributed by atoms with Crippen LogP contribution in [-0.2, 0) is 12.5 Å². The van der Waals surface area contributed by atoms with Gasteiger partial charge in [-0.1, -0.05) is 41.9 Å². The van der Waals surface area contributed by atoms with Crippen LogP contribution in [0.5, 0.6) is 0 Å². The van der Waals surface area contributed by atoms with E-state index in [2.05, 4.69) is 50.5 Å². The molecule has 148 valence electrons. The molecule has 4 aliphatic heterocycles. The Morgan fingerprint density at radius 3 is 2.39 bits per heavy atom. The molecule has 1 aromatic heterocycles. The van der Waals surface area contributed by atoms with Gasteiger partial charge >= 0.3 is 0 Å². The number of fused-ring (bicyclic) bond motifs is 1. The quantitative estimate of drug-likeness (QED) is 0.853. The van der Waals surface area contributed by atoms with E-state index in [9.17, 15) is 4.79 Å². The number of nitrogens with zero attached hydrogens (tertiary/aromatic N) is 4. The molecule has 4 saturated heterocycles. The van der Waals surface area contributed by atoms with Gasteiger partial charge in [0.2, 0.25) is 0 Å². The summed E-state index contributed by atoms with van der Waals surface area (Å²) in [5, 5.41) is 8.16. The Morgan fingerprint density at radius 1 is 1.18 bits per heavy atom. The Labute approximate surface area is 170 Å². The third-order valence-corrected chi connectivity index (χ3v) is 7.25. The molecule has 0 saturated carbocycles. The maximum atomic E-state index is 13.3. The fraction of sp³-hybridized carbons (Fsp3) is 0.524. The van der Waals surface area contributed by atoms with Gasteiger partial charge in [-0.3, -0.25) is 9.48 Å². The molecule has 28 heavy (non-hydrogen) atoms. The van der Waals surface area contributed by atoms with Crippen LogP contribution < -0.4 is 5.32 Å². The number of aromatic nitrogens is 2. The fourth-order valence-corrected chi connectivity index (χ4v) is 5.90. The minimum Gasteiger partial charge on any atom is -0.347 e. The number of amides is 1. The van der Waals surface area contributed by atoms with Crippen molar-refractivity contribution in [2.45, 2.75) is 18.4 Å². The number of hydrogen-bond donors (Lipinski definition) is 1. The van der Waals surface area contributed by atoms with Crippen LogP contribution >= 0.6 is 11.6 Å². The van der Waals surface area contributed by atoms with Gasteiger partial charge in [0.25, 0.3) is 5.91 Å². The van der Waals surface area contributed by atoms with E-state index in [-0.39, 0.29) is 17.4 Å². The van der Waals surface area contributed by atoms with E-state index >= 15 is 0 Å². The molecule has 1 amide bonds. The van der Waals surface area contributed by atoms with E-state index < -0.39 is 0 Å². The lowest BCUT2D eigenvalue weighted by atomic mass is 9.64. The second-order valence-electron chi connectivity index (χ2n) is 8.58. The summed E-state index contributed by atoms with van der Waals surface area (Å²) in [5.41, 5.74) is 2.35. The number of halogens is 1. The SMILES string of the molecule is Cc1nn(C)c(C(=O)NC2C3CN4CCN(C3)CC2(c2ccccc2)C4)c1Cl. The van der Waals surface area contributed by atoms with Crippen LogP contribution in [-0.4, -0.2) is 70.8 Å². The number of hydrogen-bond acceptors (Lipinski definition) is 4. The van der Waals surface area contributed by atoms with Crippen LogP contribution in [0, 0.1) is 12.8 Å². The highest BCUT2D eigenvalue weighted by molar-refractivity contribution is 6.34. The molecule has 1 N–H and O–H groups in total. The van der Waals surface area contributed by atoms with E-state index in [1.165, 1.54) is 5.56 Å². The van der Waals surface area contributed by atoms with Gasteiger partial charge in [0, 0.05) is 63.7 Å². The molecule has 5 heterocycles. The minimum atomic E-state index is -0.121. The molecule has 7 heteroatoms. The van der Waals surface area contributed by atoms with Crippen LogP contribution in [0.1, 0.15) is 21.7 Å². The van der Waals surface area contributed by atoms with Crippen LogP contribution in [0.2, 0.25) is 5.02 Å². The number of rotatable bonds is 3. The Bertz CT molecular complexity index is 895. The summed E-state index contributed by atoms with van der Waals surface area (Å²) in [6, 6.07) is 10.8. The molecule has 4 aliphatic rings. The summed E-state index contributed by atoms with van der Waals surface area (Å²) in [5.74, 6) is 0.284. The first-order chi connectivity index (χ1) is 13.5. The third kappa shape index (κ3) is 2.70. The molecule has 3 unspecified atom stereocenters. The van der Waals surface area contributed by atoms with Gasteiger partial charge in [-0.05, 0) is 12.5 Å². The van der Waals surface area contributed by atoms with Crippen molar-refractivity contribution in [3.63, 3.8) is 0 Å². The Morgan fingerprint density at radius 2 is 1.82 bits per heavy atom. The van der Waals surface area contributed by atoms with Crippen molar-refractivity contribution >= 4 is 17.5 Å². The van der Waals surface area contributed by atoms with Crippen molar-refractivity contribution < 1.29 is 4.79 Å². The van der Waals surface area contributed by atoms with E-state index in [1.807, 2.05) is 6.92 Å². The van der Waals surface area contributed by atoms with Gasteiger partial charge in [-0.25, -0.2) is 0 Å². The lowest BCUT2D eigenvalue weighted by molar-refractivity contribution is 0.0178. The molecule has 6 rings (SSSR count). The number of carbonyl (C=O) groups excluding carboxylic acids is 1. The number of carbonyl (C=O) groups is 1. The van der Waals surface area contributed by atoms with Crippen LogP contribution in [0.4, 0.5) is 0 Å². The van der Waals surface area contributed by atoms with Gasteiger partial charge in [-0.15, -0.1) is 0 Å². The molecule has 4 bridgehead atoms. The van der Waals surface area contributed by atoms with Crippen LogP contribution in [0.15, 0.2) is 30.3 Å². The molecule has 6 nitrogen and oxygen atoms in total. The second kappa shape index (κ2) is 6.58. The zero-order chi connectivity index (χ0) is 19.5. The predicted molar refractivity (Wildman–Crippen MR) is 109 cm³/mol. The number of aryl methyl sites for hydroxylation is 2. The molecule has 0 radical (unpaired) electrons. The van der Waals surface area contributed by atoms with Gasteiger partial charge in [-0.2, -0.15) is 5.10 Å². The maximum absolute atomic E-state index is 13.3. The monoisotopic (exact) mass is 399 g/mol. The molecule has 0 spiro atoms. The summed E-state index contributed by atoms with van der Waals surface area (Å²) < 4.78 is 1.59. The molecule has 4 fully saturated rings. The first-order valence-electron chi connectivity index (χ1n) is 9.98. The normalized spacial score (nSPS) is 33.7. The topological polar surface area (TPSA) is 53.4 Å². The molecular weight excluding hydrogens is 374 g/mol. The zero-order valence-corrected chi connectivity index (χ0v) is 17.1. The standard InChI is InChI=1S/C21H26ClN5O/c1-14-17(22)18(25(2)24-14)20(28)23-19-15-10-26-8-9-27(11-15)13-21(19,12-26)16-6-4-3-5-7-16/h3-7,15,19H,8-13H2,1-2H3,(H,23,28). The number of nitrogens with one attached hydrogen (secondary N) is 1. The summed E-state index contributed by atoms with van der Waals surface area (Å²) in [7, 11) is 1.78. The van der Waals surface area contributed by atoms with Gasteiger partial charge in [0.05, 0.1) is 10.7 Å². The summed E-state index contributed by atoms with van der Waals surface area (Å²) in [6.07, 6.45) is 0. The molecule has 3 atom stereocenters. The van der Waals surface area contributed by atoms with Gasteiger partial charge in [0.1, 0.15) is 5.69 Å². The number of piperidine rings is 2. The van der Waals surface area contributed by atoms with E-state index in [1.54, 1.807) is 11.7 Å². The second-order valence-corrected chi connectivity index (χ2v) is 8.95. The van der Waals surface area contributed by atoms with E-state index in [0.717, 1.165) is 39.3 Å². The minimum absolute atomic E-state index is 0.0827. The smallest absolute Gasteiger partial charge is 0.271 e. The van der Waals surface area contributed by atoms with Crippen molar-refractivity contribution in [3.05, 3.63) is 52.3 Å². The van der Waals surface area contributed by atoms with Crippen molar-refractivity contribution in [3.8, 4) is 0 Å². The summed E-state index contributed by atoms with van der Waals surface area (Å²) in [6.45, 7) is 8.08. The van der Waals surface area contributed by atoms with Crippen molar-refractivity contribution in [1.82, 2.24) is 24.9 Å². The Kier molecular flexibility index (Phi) is 4.27. The first-order valence-corrected chi connectivity index (χ1v) is 10.4.